The average molecular weight is 491 g/mol. The van der Waals surface area contributed by atoms with Gasteiger partial charge < -0.3 is 9.79 Å². The molecule has 0 unspecified atom stereocenters. The first-order valence-corrected chi connectivity index (χ1v) is 14.9. The third-order valence-corrected chi connectivity index (χ3v) is 11.1. The van der Waals surface area contributed by atoms with Crippen LogP contribution in [0.1, 0.15) is 105 Å². The maximum absolute atomic E-state index is 11.4. The Morgan fingerprint density at radius 3 is 2.45 bits per heavy atom. The second-order valence-corrected chi connectivity index (χ2v) is 13.9. The number of rotatable bonds is 7. The number of hydrogen-bond acceptors (Lipinski definition) is 2. The van der Waals surface area contributed by atoms with Gasteiger partial charge in [-0.3, -0.25) is 4.52 Å². The van der Waals surface area contributed by atoms with Crippen LogP contribution in [-0.2, 0) is 9.09 Å². The summed E-state index contributed by atoms with van der Waals surface area (Å²) in [6, 6.07) is 0. The molecule has 0 saturated heterocycles. The van der Waals surface area contributed by atoms with E-state index in [4.69, 9.17) is 4.52 Å². The fraction of sp³-hybridized carbons (Fsp3) is 0.926. The van der Waals surface area contributed by atoms with Gasteiger partial charge in [0.25, 0.3) is 0 Å². The quantitative estimate of drug-likeness (QED) is 0.232. The summed E-state index contributed by atoms with van der Waals surface area (Å²) in [6.45, 7) is 12.3. The van der Waals surface area contributed by atoms with Gasteiger partial charge in [-0.05, 0) is 97.7 Å². The summed E-state index contributed by atoms with van der Waals surface area (Å²) in [5.74, 6) is 4.89. The van der Waals surface area contributed by atoms with Crippen molar-refractivity contribution in [1.82, 2.24) is 0 Å². The second kappa shape index (κ2) is 10.7. The average Bonchev–Trinajstić information content (AvgIpc) is 3.04. The Balaban J connectivity index is 0.00000306. The fourth-order valence-electron chi connectivity index (χ4n) is 8.94. The van der Waals surface area contributed by atoms with Crippen molar-refractivity contribution in [2.75, 3.05) is 0 Å². The Bertz CT molecular complexity index is 763. The first kappa shape index (κ1) is 28.4. The number of hydrogen-bond donors (Lipinski definition) is 2. The summed E-state index contributed by atoms with van der Waals surface area (Å²) in [4.78, 5) is 18.5. The fourth-order valence-corrected chi connectivity index (χ4v) is 9.50. The number of phosphoric ester groups is 1. The SMILES string of the molecule is CC(C)CCC[C@@H](C)[C@H]1CC[C@H]2[C@@H]3CC=C4C[C@@H](OP(=O)(O)O)CC[C@]4(C)[C@H]3CC[C@]12C.[NaH]. The van der Waals surface area contributed by atoms with Gasteiger partial charge in [-0.2, -0.15) is 0 Å². The van der Waals surface area contributed by atoms with Crippen molar-refractivity contribution in [2.45, 2.75) is 111 Å². The molecule has 8 atom stereocenters. The molecular weight excluding hydrogens is 442 g/mol. The molecule has 4 aliphatic carbocycles. The van der Waals surface area contributed by atoms with Gasteiger partial charge >= 0.3 is 37.4 Å². The van der Waals surface area contributed by atoms with Crippen molar-refractivity contribution in [3.05, 3.63) is 11.6 Å². The third-order valence-electron chi connectivity index (χ3n) is 10.5. The van der Waals surface area contributed by atoms with Gasteiger partial charge in [-0.25, -0.2) is 4.57 Å². The van der Waals surface area contributed by atoms with Crippen LogP contribution in [0.15, 0.2) is 11.6 Å². The van der Waals surface area contributed by atoms with Crippen molar-refractivity contribution in [1.29, 1.82) is 0 Å². The Morgan fingerprint density at radius 1 is 1.06 bits per heavy atom. The first-order chi connectivity index (χ1) is 14.9. The van der Waals surface area contributed by atoms with E-state index < -0.39 is 7.82 Å². The van der Waals surface area contributed by atoms with E-state index >= 15 is 0 Å². The van der Waals surface area contributed by atoms with Crippen LogP contribution < -0.4 is 0 Å². The standard InChI is InChI=1S/C27H47O4P.Na.H/c1-18(2)7-6-8-19(3)23-11-12-24-22-10-9-20-17-21(31-32(28,29)30)13-15-26(20,4)25(22)14-16-27(23,24)5;;/h9,18-19,21-25H,6-8,10-17H2,1-5H3,(H2,28,29,30);;/t19-,21+,22+,23-,24+,25+,26+,27-;;/m1../s1. The molecular formula is C27H48NaO4P. The van der Waals surface area contributed by atoms with Crippen molar-refractivity contribution in [3.8, 4) is 0 Å². The molecule has 3 fully saturated rings. The van der Waals surface area contributed by atoms with Crippen molar-refractivity contribution in [2.24, 2.45) is 46.3 Å². The monoisotopic (exact) mass is 490 g/mol. The number of fused-ring (bicyclic) bond motifs is 5. The zero-order valence-electron chi connectivity index (χ0n) is 21.1. The molecule has 0 radical (unpaired) electrons. The van der Waals surface area contributed by atoms with E-state index in [2.05, 4.69) is 40.7 Å². The summed E-state index contributed by atoms with van der Waals surface area (Å²) in [6.07, 6.45) is 15.4. The molecule has 6 heteroatoms. The topological polar surface area (TPSA) is 66.8 Å². The van der Waals surface area contributed by atoms with E-state index in [9.17, 15) is 14.4 Å². The molecule has 3 saturated carbocycles. The Morgan fingerprint density at radius 2 is 1.79 bits per heavy atom. The van der Waals surface area contributed by atoms with Gasteiger partial charge in [0.05, 0.1) is 6.10 Å². The number of phosphoric acid groups is 1. The summed E-state index contributed by atoms with van der Waals surface area (Å²) in [7, 11) is -4.41. The molecule has 4 rings (SSSR count). The van der Waals surface area contributed by atoms with Crippen molar-refractivity contribution < 1.29 is 18.9 Å². The summed E-state index contributed by atoms with van der Waals surface area (Å²) in [5, 5.41) is 0. The van der Waals surface area contributed by atoms with Gasteiger partial charge in [0.1, 0.15) is 0 Å². The predicted molar refractivity (Wildman–Crippen MR) is 137 cm³/mol. The molecule has 0 aromatic rings. The Hall–Kier alpha value is 0.850. The van der Waals surface area contributed by atoms with Crippen LogP contribution in [0.3, 0.4) is 0 Å². The van der Waals surface area contributed by atoms with Crippen molar-refractivity contribution in [3.63, 3.8) is 0 Å². The Kier molecular flexibility index (Phi) is 9.20. The molecule has 186 valence electrons. The normalized spacial score (nSPS) is 41.5. The minimum atomic E-state index is -4.41. The molecule has 0 bridgehead atoms. The molecule has 0 spiro atoms. The number of allylic oxidation sites excluding steroid dienone is 1. The van der Waals surface area contributed by atoms with Gasteiger partial charge in [0, 0.05) is 0 Å². The van der Waals surface area contributed by atoms with Gasteiger partial charge in [0.2, 0.25) is 0 Å². The zero-order chi connectivity index (χ0) is 23.3. The van der Waals surface area contributed by atoms with Crippen LogP contribution in [0.25, 0.3) is 0 Å². The molecule has 0 aromatic carbocycles. The summed E-state index contributed by atoms with van der Waals surface area (Å²) in [5.41, 5.74) is 2.12. The van der Waals surface area contributed by atoms with Crippen LogP contribution >= 0.6 is 7.82 Å². The molecule has 2 N–H and O–H groups in total. The van der Waals surface area contributed by atoms with E-state index in [1.165, 1.54) is 50.5 Å². The van der Waals surface area contributed by atoms with E-state index in [0.717, 1.165) is 54.8 Å². The molecule has 0 aromatic heterocycles. The molecule has 0 heterocycles. The van der Waals surface area contributed by atoms with E-state index in [1.54, 1.807) is 0 Å². The molecule has 0 amide bonds. The maximum atomic E-state index is 11.4. The Labute approximate surface area is 224 Å². The van der Waals surface area contributed by atoms with E-state index in [0.29, 0.717) is 11.8 Å². The van der Waals surface area contributed by atoms with Crippen LogP contribution in [0.5, 0.6) is 0 Å². The minimum absolute atomic E-state index is 0. The van der Waals surface area contributed by atoms with E-state index in [-0.39, 0.29) is 41.1 Å². The van der Waals surface area contributed by atoms with E-state index in [1.807, 2.05) is 0 Å². The first-order valence-electron chi connectivity index (χ1n) is 13.4. The predicted octanol–water partition coefficient (Wildman–Crippen LogP) is 6.86. The molecule has 4 aliphatic rings. The van der Waals surface area contributed by atoms with Gasteiger partial charge in [-0.1, -0.05) is 65.5 Å². The van der Waals surface area contributed by atoms with Crippen LogP contribution in [0.2, 0.25) is 0 Å². The zero-order valence-corrected chi connectivity index (χ0v) is 21.9. The van der Waals surface area contributed by atoms with Crippen molar-refractivity contribution >= 4 is 37.4 Å². The molecule has 33 heavy (non-hydrogen) atoms. The summed E-state index contributed by atoms with van der Waals surface area (Å²) < 4.78 is 16.5. The van der Waals surface area contributed by atoms with Crippen LogP contribution in [-0.4, -0.2) is 45.4 Å². The van der Waals surface area contributed by atoms with Crippen LogP contribution in [0, 0.1) is 46.3 Å². The van der Waals surface area contributed by atoms with Gasteiger partial charge in [-0.15, -0.1) is 0 Å². The van der Waals surface area contributed by atoms with Crippen LogP contribution in [0.4, 0.5) is 0 Å². The third kappa shape index (κ3) is 5.73. The molecule has 0 aliphatic heterocycles. The van der Waals surface area contributed by atoms with Gasteiger partial charge in [0.15, 0.2) is 0 Å². The molecule has 4 nitrogen and oxygen atoms in total. The second-order valence-electron chi connectivity index (χ2n) is 12.8. The summed E-state index contributed by atoms with van der Waals surface area (Å²) >= 11 is 0.